The fourth-order valence-electron chi connectivity index (χ4n) is 2.65. The summed E-state index contributed by atoms with van der Waals surface area (Å²) in [5.41, 5.74) is 8.19. The monoisotopic (exact) mass is 475 g/mol. The van der Waals surface area contributed by atoms with Crippen molar-refractivity contribution < 1.29 is 23.4 Å². The van der Waals surface area contributed by atoms with Crippen molar-refractivity contribution in [2.24, 2.45) is 5.11 Å². The van der Waals surface area contributed by atoms with Crippen molar-refractivity contribution in [2.75, 3.05) is 66.0 Å². The minimum Gasteiger partial charge on any atom is -0.414 e. The number of nitrogens with zero attached hydrogens (tertiary/aromatic N) is 3. The van der Waals surface area contributed by atoms with Crippen LogP contribution in [0.25, 0.3) is 10.4 Å². The van der Waals surface area contributed by atoms with Crippen LogP contribution in [0.4, 0.5) is 0 Å². The van der Waals surface area contributed by atoms with E-state index in [-0.39, 0.29) is 5.04 Å². The molecular formula is C23H49N3O5Si. The van der Waals surface area contributed by atoms with E-state index in [1.807, 2.05) is 0 Å². The lowest BCUT2D eigenvalue weighted by Crippen LogP contribution is -2.41. The molecule has 0 heterocycles. The Hall–Kier alpha value is -0.673. The zero-order valence-corrected chi connectivity index (χ0v) is 22.4. The smallest absolute Gasteiger partial charge is 0.192 e. The van der Waals surface area contributed by atoms with Gasteiger partial charge in [0.2, 0.25) is 0 Å². The van der Waals surface area contributed by atoms with Crippen LogP contribution < -0.4 is 0 Å². The highest BCUT2D eigenvalue weighted by Crippen LogP contribution is 2.36. The van der Waals surface area contributed by atoms with Crippen molar-refractivity contribution >= 4 is 8.32 Å². The van der Waals surface area contributed by atoms with Crippen molar-refractivity contribution in [1.29, 1.82) is 0 Å². The number of azide groups is 1. The molecule has 0 aliphatic rings. The topological polar surface area (TPSA) is 94.9 Å². The van der Waals surface area contributed by atoms with Crippen LogP contribution >= 0.6 is 0 Å². The third kappa shape index (κ3) is 20.0. The summed E-state index contributed by atoms with van der Waals surface area (Å²) in [5.74, 6) is 0. The maximum atomic E-state index is 8.19. The third-order valence-electron chi connectivity index (χ3n) is 5.72. The quantitative estimate of drug-likeness (QED) is 0.0583. The van der Waals surface area contributed by atoms with Gasteiger partial charge in [0.25, 0.3) is 0 Å². The molecule has 0 bridgehead atoms. The van der Waals surface area contributed by atoms with Gasteiger partial charge in [0, 0.05) is 18.1 Å². The molecule has 0 aromatic rings. The molecule has 0 saturated carbocycles. The molecule has 0 saturated heterocycles. The number of ether oxygens (including phenoxy) is 4. The number of hydrogen-bond acceptors (Lipinski definition) is 6. The predicted molar refractivity (Wildman–Crippen MR) is 133 cm³/mol. The second-order valence-electron chi connectivity index (χ2n) is 9.49. The Bertz CT molecular complexity index is 469. The van der Waals surface area contributed by atoms with Gasteiger partial charge < -0.3 is 23.4 Å². The molecule has 190 valence electrons. The first-order chi connectivity index (χ1) is 15.3. The van der Waals surface area contributed by atoms with Crippen LogP contribution in [0.1, 0.15) is 65.7 Å². The Kier molecular flexibility index (Phi) is 20.5. The van der Waals surface area contributed by atoms with Crippen molar-refractivity contribution in [3.8, 4) is 0 Å². The zero-order chi connectivity index (χ0) is 24.0. The Morgan fingerprint density at radius 3 is 1.50 bits per heavy atom. The van der Waals surface area contributed by atoms with E-state index in [4.69, 9.17) is 28.9 Å². The van der Waals surface area contributed by atoms with Crippen molar-refractivity contribution in [3.05, 3.63) is 10.4 Å². The normalized spacial score (nSPS) is 12.2. The Labute approximate surface area is 197 Å². The van der Waals surface area contributed by atoms with Crippen LogP contribution in [-0.4, -0.2) is 74.3 Å². The lowest BCUT2D eigenvalue weighted by molar-refractivity contribution is -0.00530. The van der Waals surface area contributed by atoms with E-state index < -0.39 is 8.32 Å². The van der Waals surface area contributed by atoms with Crippen LogP contribution in [0.5, 0.6) is 0 Å². The van der Waals surface area contributed by atoms with E-state index in [0.717, 1.165) is 25.9 Å². The zero-order valence-electron chi connectivity index (χ0n) is 21.4. The van der Waals surface area contributed by atoms with Gasteiger partial charge >= 0.3 is 0 Å². The highest BCUT2D eigenvalue weighted by atomic mass is 28.4. The first-order valence-corrected chi connectivity index (χ1v) is 15.2. The number of rotatable bonds is 23. The van der Waals surface area contributed by atoms with Crippen molar-refractivity contribution in [3.63, 3.8) is 0 Å². The Morgan fingerprint density at radius 1 is 0.625 bits per heavy atom. The fraction of sp³-hybridized carbons (Fsp3) is 1.00. The van der Waals surface area contributed by atoms with E-state index in [1.165, 1.54) is 25.7 Å². The first kappa shape index (κ1) is 31.3. The maximum Gasteiger partial charge on any atom is 0.192 e. The van der Waals surface area contributed by atoms with Gasteiger partial charge in [-0.15, -0.1) is 0 Å². The molecule has 0 unspecified atom stereocenters. The third-order valence-corrected chi connectivity index (χ3v) is 10.3. The van der Waals surface area contributed by atoms with Gasteiger partial charge in [-0.3, -0.25) is 0 Å². The second-order valence-corrected chi connectivity index (χ2v) is 14.3. The van der Waals surface area contributed by atoms with E-state index in [1.54, 1.807) is 0 Å². The minimum atomic E-state index is -1.67. The molecule has 0 amide bonds. The average Bonchev–Trinajstić information content (AvgIpc) is 2.73. The summed E-state index contributed by atoms with van der Waals surface area (Å²) in [7, 11) is -1.67. The summed E-state index contributed by atoms with van der Waals surface area (Å²) < 4.78 is 28.3. The molecule has 0 atom stereocenters. The molecule has 0 aliphatic carbocycles. The standard InChI is InChI=1S/C23H49N3O5Si/c1-23(2,3)32(4,5)31-22-21-30-20-19-29-18-17-28-16-15-27-14-12-10-8-6-7-9-11-13-25-26-24/h6-22H2,1-5H3. The first-order valence-electron chi connectivity index (χ1n) is 12.3. The van der Waals surface area contributed by atoms with Crippen LogP contribution in [0.2, 0.25) is 18.1 Å². The summed E-state index contributed by atoms with van der Waals surface area (Å²) in [5, 5.41) is 3.78. The molecule has 0 aromatic carbocycles. The average molecular weight is 476 g/mol. The van der Waals surface area contributed by atoms with E-state index in [9.17, 15) is 0 Å². The number of hydrogen-bond donors (Lipinski definition) is 0. The van der Waals surface area contributed by atoms with Gasteiger partial charge in [-0.05, 0) is 36.5 Å². The molecule has 0 rings (SSSR count). The molecule has 0 fully saturated rings. The maximum absolute atomic E-state index is 8.19. The van der Waals surface area contributed by atoms with Crippen LogP contribution in [0.15, 0.2) is 5.11 Å². The lowest BCUT2D eigenvalue weighted by Gasteiger charge is -2.36. The molecular weight excluding hydrogens is 426 g/mol. The molecule has 8 nitrogen and oxygen atoms in total. The molecule has 0 radical (unpaired) electrons. The van der Waals surface area contributed by atoms with Crippen molar-refractivity contribution in [1.82, 2.24) is 0 Å². The summed E-state index contributed by atoms with van der Waals surface area (Å²) in [4.78, 5) is 2.76. The van der Waals surface area contributed by atoms with Gasteiger partial charge in [-0.25, -0.2) is 0 Å². The summed E-state index contributed by atoms with van der Waals surface area (Å²) in [6.07, 6.45) is 8.16. The highest BCUT2D eigenvalue weighted by Gasteiger charge is 2.36. The second kappa shape index (κ2) is 20.9. The minimum absolute atomic E-state index is 0.234. The Balaban J connectivity index is 3.17. The molecule has 32 heavy (non-hydrogen) atoms. The van der Waals surface area contributed by atoms with Crippen molar-refractivity contribution in [2.45, 2.75) is 83.8 Å². The van der Waals surface area contributed by atoms with Gasteiger partial charge in [0.15, 0.2) is 8.32 Å². The highest BCUT2D eigenvalue weighted by molar-refractivity contribution is 6.74. The van der Waals surface area contributed by atoms with E-state index in [2.05, 4.69) is 43.9 Å². The van der Waals surface area contributed by atoms with E-state index >= 15 is 0 Å². The molecule has 9 heteroatoms. The van der Waals surface area contributed by atoms with Crippen LogP contribution in [-0.2, 0) is 23.4 Å². The van der Waals surface area contributed by atoms with Crippen LogP contribution in [0.3, 0.4) is 0 Å². The molecule has 0 aliphatic heterocycles. The van der Waals surface area contributed by atoms with Gasteiger partial charge in [0.1, 0.15) is 0 Å². The van der Waals surface area contributed by atoms with Gasteiger partial charge in [-0.1, -0.05) is 58.0 Å². The van der Waals surface area contributed by atoms with E-state index in [0.29, 0.717) is 59.4 Å². The lowest BCUT2D eigenvalue weighted by atomic mass is 10.1. The Morgan fingerprint density at radius 2 is 1.03 bits per heavy atom. The fourth-order valence-corrected chi connectivity index (χ4v) is 3.68. The number of unbranched alkanes of at least 4 members (excludes halogenated alkanes) is 6. The van der Waals surface area contributed by atoms with Crippen LogP contribution in [0, 0.1) is 0 Å². The molecule has 0 aromatic heterocycles. The summed E-state index contributed by atoms with van der Waals surface area (Å²) >= 11 is 0. The largest absolute Gasteiger partial charge is 0.414 e. The SMILES string of the molecule is CC(C)(C)[Si](C)(C)OCCOCCOCCOCCOCCCCCCCCCN=[N+]=[N-]. The van der Waals surface area contributed by atoms with Gasteiger partial charge in [0.05, 0.1) is 52.9 Å². The predicted octanol–water partition coefficient (Wildman–Crippen LogP) is 6.12. The summed E-state index contributed by atoms with van der Waals surface area (Å²) in [6, 6.07) is 0. The molecule has 0 N–H and O–H groups in total. The molecule has 0 spiro atoms. The summed E-state index contributed by atoms with van der Waals surface area (Å²) in [6.45, 7) is 17.5. The van der Waals surface area contributed by atoms with Gasteiger partial charge in [-0.2, -0.15) is 0 Å².